The second kappa shape index (κ2) is 11.9. The van der Waals surface area contributed by atoms with Gasteiger partial charge in [0.05, 0.1) is 13.2 Å². The molecule has 2 saturated heterocycles. The van der Waals surface area contributed by atoms with Crippen LogP contribution in [0.25, 0.3) is 0 Å². The summed E-state index contributed by atoms with van der Waals surface area (Å²) >= 11 is 0. The minimum Gasteiger partial charge on any atom is -0.453 e. The summed E-state index contributed by atoms with van der Waals surface area (Å²) in [5.74, 6) is -1.08. The predicted octanol–water partition coefficient (Wildman–Crippen LogP) is 5.19. The Morgan fingerprint density at radius 2 is 0.775 bits per heavy atom. The molecule has 4 atom stereocenters. The van der Waals surface area contributed by atoms with E-state index in [1.165, 1.54) is 22.3 Å². The molecule has 2 heterocycles. The number of carbonyl (C=O) groups is 2. The molecule has 0 amide bonds. The van der Waals surface area contributed by atoms with Crippen molar-refractivity contribution in [2.75, 3.05) is 0 Å². The van der Waals surface area contributed by atoms with E-state index < -0.39 is 36.4 Å². The highest BCUT2D eigenvalue weighted by molar-refractivity contribution is 5.85. The van der Waals surface area contributed by atoms with E-state index in [-0.39, 0.29) is 13.2 Å². The Morgan fingerprint density at radius 1 is 0.450 bits per heavy atom. The van der Waals surface area contributed by atoms with Gasteiger partial charge in [0.2, 0.25) is 0 Å². The van der Waals surface area contributed by atoms with Crippen molar-refractivity contribution in [3.8, 4) is 0 Å². The Kier molecular flexibility index (Phi) is 7.71. The maximum atomic E-state index is 12.6. The summed E-state index contributed by atoms with van der Waals surface area (Å²) < 4.78 is 22.8. The second-order valence-corrected chi connectivity index (χ2v) is 10.2. The van der Waals surface area contributed by atoms with Crippen molar-refractivity contribution in [1.29, 1.82) is 0 Å². The Bertz CT molecular complexity index is 1320. The lowest BCUT2D eigenvalue weighted by molar-refractivity contribution is -0.165. The van der Waals surface area contributed by atoms with Crippen LogP contribution in [0, 0.1) is 0 Å². The molecule has 2 fully saturated rings. The zero-order valence-electron chi connectivity index (χ0n) is 22.0. The van der Waals surface area contributed by atoms with E-state index in [1.807, 2.05) is 60.7 Å². The number of carbonyl (C=O) groups excluding carboxylic acids is 2. The largest absolute Gasteiger partial charge is 0.453 e. The van der Waals surface area contributed by atoms with Gasteiger partial charge in [-0.3, -0.25) is 0 Å². The van der Waals surface area contributed by atoms with E-state index in [9.17, 15) is 9.59 Å². The van der Waals surface area contributed by atoms with Crippen molar-refractivity contribution in [3.05, 3.63) is 143 Å². The van der Waals surface area contributed by atoms with E-state index in [0.717, 1.165) is 24.0 Å². The summed E-state index contributed by atoms with van der Waals surface area (Å²) in [7, 11) is 0. The first-order valence-electron chi connectivity index (χ1n) is 13.5. The molecule has 40 heavy (non-hydrogen) atoms. The highest BCUT2D eigenvalue weighted by Crippen LogP contribution is 2.33. The van der Waals surface area contributed by atoms with Crippen LogP contribution in [0.15, 0.2) is 109 Å². The first kappa shape index (κ1) is 26.0. The molecule has 0 spiro atoms. The first-order chi connectivity index (χ1) is 19.6. The Morgan fingerprint density at radius 3 is 1.15 bits per heavy atom. The average Bonchev–Trinajstić information content (AvgIpc) is 3.45. The Hall–Kier alpha value is -4.26. The predicted molar refractivity (Wildman–Crippen MR) is 148 cm³/mol. The van der Waals surface area contributed by atoms with E-state index >= 15 is 0 Å². The Labute approximate surface area is 233 Å². The normalized spacial score (nSPS) is 21.6. The number of benzene rings is 4. The highest BCUT2D eigenvalue weighted by Gasteiger charge is 2.59. The van der Waals surface area contributed by atoms with Gasteiger partial charge in [-0.05, 0) is 46.2 Å². The van der Waals surface area contributed by atoms with Crippen LogP contribution in [0.2, 0.25) is 0 Å². The van der Waals surface area contributed by atoms with Gasteiger partial charge in [-0.1, -0.05) is 109 Å². The zero-order chi connectivity index (χ0) is 27.3. The third kappa shape index (κ3) is 5.98. The monoisotopic (exact) mass is 534 g/mol. The number of rotatable bonds is 10. The quantitative estimate of drug-likeness (QED) is 0.261. The van der Waals surface area contributed by atoms with E-state index in [0.29, 0.717) is 0 Å². The van der Waals surface area contributed by atoms with Crippen molar-refractivity contribution < 1.29 is 28.5 Å². The SMILES string of the molecule is O=C1O[C@@H]2[C@@H](OC(=O)[C@@H]2OCc2ccc(Cc3ccccc3)cc2)[C@H]1OCc1ccc(Cc2ccccc2)cc1. The van der Waals surface area contributed by atoms with Crippen molar-refractivity contribution in [1.82, 2.24) is 0 Å². The number of esters is 2. The fourth-order valence-corrected chi connectivity index (χ4v) is 5.14. The molecule has 0 bridgehead atoms. The molecule has 2 aliphatic heterocycles. The third-order valence-corrected chi connectivity index (χ3v) is 7.30. The molecular formula is C34H30O6. The molecule has 0 N–H and O–H groups in total. The van der Waals surface area contributed by atoms with Crippen LogP contribution in [0.5, 0.6) is 0 Å². The van der Waals surface area contributed by atoms with Gasteiger partial charge in [0.1, 0.15) is 0 Å². The molecule has 202 valence electrons. The minimum absolute atomic E-state index is 0.201. The molecule has 0 saturated carbocycles. The molecule has 4 aromatic rings. The molecule has 6 nitrogen and oxygen atoms in total. The average molecular weight is 535 g/mol. The number of ether oxygens (including phenoxy) is 4. The van der Waals surface area contributed by atoms with Crippen molar-refractivity contribution >= 4 is 11.9 Å². The molecule has 0 radical (unpaired) electrons. The van der Waals surface area contributed by atoms with E-state index in [4.69, 9.17) is 18.9 Å². The van der Waals surface area contributed by atoms with Gasteiger partial charge in [-0.15, -0.1) is 0 Å². The number of fused-ring (bicyclic) bond motifs is 1. The summed E-state index contributed by atoms with van der Waals surface area (Å²) in [5, 5.41) is 0. The standard InChI is InChI=1S/C34H30O6/c35-33-31(37-21-27-15-11-25(12-16-27)19-23-7-3-1-4-8-23)29-30(40-33)32(34(36)39-29)38-22-28-17-13-26(14-18-28)20-24-9-5-2-6-10-24/h1-18,29-32H,19-22H2/t29-,30-,31-,32-/m1/s1. The van der Waals surface area contributed by atoms with Gasteiger partial charge >= 0.3 is 11.9 Å². The summed E-state index contributed by atoms with van der Waals surface area (Å²) in [6.07, 6.45) is -1.93. The maximum absolute atomic E-state index is 12.6. The van der Waals surface area contributed by atoms with Crippen LogP contribution < -0.4 is 0 Å². The molecular weight excluding hydrogens is 504 g/mol. The second-order valence-electron chi connectivity index (χ2n) is 10.2. The van der Waals surface area contributed by atoms with Crippen molar-refractivity contribution in [3.63, 3.8) is 0 Å². The molecule has 4 aromatic carbocycles. The molecule has 6 heteroatoms. The number of hydrogen-bond acceptors (Lipinski definition) is 6. The molecule has 2 aliphatic rings. The fourth-order valence-electron chi connectivity index (χ4n) is 5.14. The lowest BCUT2D eigenvalue weighted by atomic mass is 10.0. The first-order valence-corrected chi connectivity index (χ1v) is 13.5. The van der Waals surface area contributed by atoms with Gasteiger partial charge in [0.25, 0.3) is 0 Å². The van der Waals surface area contributed by atoms with Gasteiger partial charge < -0.3 is 18.9 Å². The zero-order valence-corrected chi connectivity index (χ0v) is 22.0. The molecule has 6 rings (SSSR count). The van der Waals surface area contributed by atoms with E-state index in [1.54, 1.807) is 0 Å². The summed E-state index contributed by atoms with van der Waals surface area (Å²) in [6.45, 7) is 0.403. The summed E-state index contributed by atoms with van der Waals surface area (Å²) in [6, 6.07) is 36.6. The Balaban J connectivity index is 1.01. The summed E-state index contributed by atoms with van der Waals surface area (Å²) in [4.78, 5) is 25.2. The van der Waals surface area contributed by atoms with Crippen LogP contribution in [-0.4, -0.2) is 36.4 Å². The smallest absolute Gasteiger partial charge is 0.339 e. The van der Waals surface area contributed by atoms with Gasteiger partial charge in [0, 0.05) is 0 Å². The van der Waals surface area contributed by atoms with Crippen LogP contribution in [0.1, 0.15) is 33.4 Å². The molecule has 0 aliphatic carbocycles. The number of hydrogen-bond donors (Lipinski definition) is 0. The third-order valence-electron chi connectivity index (χ3n) is 7.30. The molecule has 0 unspecified atom stereocenters. The fraction of sp³-hybridized carbons (Fsp3) is 0.235. The molecule has 0 aromatic heterocycles. The minimum atomic E-state index is -0.983. The van der Waals surface area contributed by atoms with Crippen LogP contribution in [-0.2, 0) is 54.6 Å². The van der Waals surface area contributed by atoms with Crippen LogP contribution >= 0.6 is 0 Å². The highest BCUT2D eigenvalue weighted by atomic mass is 16.7. The van der Waals surface area contributed by atoms with Gasteiger partial charge in [0.15, 0.2) is 24.4 Å². The van der Waals surface area contributed by atoms with Crippen LogP contribution in [0.3, 0.4) is 0 Å². The van der Waals surface area contributed by atoms with Gasteiger partial charge in [-0.25, -0.2) is 9.59 Å². The maximum Gasteiger partial charge on any atom is 0.339 e. The summed E-state index contributed by atoms with van der Waals surface area (Å²) in [5.41, 5.74) is 6.69. The van der Waals surface area contributed by atoms with Gasteiger partial charge in [-0.2, -0.15) is 0 Å². The lowest BCUT2D eigenvalue weighted by Crippen LogP contribution is -2.34. The van der Waals surface area contributed by atoms with Crippen LogP contribution in [0.4, 0.5) is 0 Å². The lowest BCUT2D eigenvalue weighted by Gasteiger charge is -2.14. The van der Waals surface area contributed by atoms with E-state index in [2.05, 4.69) is 48.5 Å². The van der Waals surface area contributed by atoms with Crippen molar-refractivity contribution in [2.24, 2.45) is 0 Å². The van der Waals surface area contributed by atoms with Crippen molar-refractivity contribution in [2.45, 2.75) is 50.5 Å². The topological polar surface area (TPSA) is 71.1 Å².